The maximum Gasteiger partial charge on any atom is 0.225 e. The number of nitrogens with one attached hydrogen (secondary N) is 1. The number of sulfone groups is 1. The highest BCUT2D eigenvalue weighted by atomic mass is 35.5. The maximum absolute atomic E-state index is 14.9. The number of carbonyl (C=O) groups excluding carboxylic acids is 1. The van der Waals surface area contributed by atoms with Gasteiger partial charge in [0.25, 0.3) is 0 Å². The summed E-state index contributed by atoms with van der Waals surface area (Å²) in [5.74, 6) is -1.47. The first kappa shape index (κ1) is 24.6. The molecule has 0 unspecified atom stereocenters. The van der Waals surface area contributed by atoms with E-state index in [0.29, 0.717) is 24.4 Å². The van der Waals surface area contributed by atoms with E-state index in [2.05, 4.69) is 5.32 Å². The summed E-state index contributed by atoms with van der Waals surface area (Å²) in [5, 5.41) is 3.30. The van der Waals surface area contributed by atoms with Crippen LogP contribution in [-0.2, 0) is 19.4 Å². The fourth-order valence-electron chi connectivity index (χ4n) is 4.22. The molecule has 2 aromatic carbocycles. The Morgan fingerprint density at radius 2 is 1.69 bits per heavy atom. The maximum atomic E-state index is 14.9. The molecule has 0 spiro atoms. The van der Waals surface area contributed by atoms with Crippen molar-refractivity contribution in [1.82, 2.24) is 5.32 Å². The lowest BCUT2D eigenvalue weighted by molar-refractivity contribution is -0.128. The molecule has 1 aliphatic rings. The predicted octanol–water partition coefficient (Wildman–Crippen LogP) is 5.64. The van der Waals surface area contributed by atoms with Crippen LogP contribution in [0.4, 0.5) is 8.78 Å². The molecule has 1 amide bonds. The zero-order valence-electron chi connectivity index (χ0n) is 18.4. The van der Waals surface area contributed by atoms with E-state index >= 15 is 0 Å². The lowest BCUT2D eigenvalue weighted by Gasteiger charge is -2.40. The fourth-order valence-corrected chi connectivity index (χ4v) is 6.51. The van der Waals surface area contributed by atoms with Gasteiger partial charge in [-0.2, -0.15) is 0 Å². The van der Waals surface area contributed by atoms with E-state index in [4.69, 9.17) is 11.6 Å². The van der Waals surface area contributed by atoms with E-state index in [1.54, 1.807) is 0 Å². The Kier molecular flexibility index (Phi) is 7.01. The lowest BCUT2D eigenvalue weighted by Crippen LogP contribution is -2.43. The topological polar surface area (TPSA) is 63.2 Å². The Balaban J connectivity index is 1.95. The van der Waals surface area contributed by atoms with Crippen molar-refractivity contribution in [2.45, 2.75) is 56.1 Å². The molecule has 174 valence electrons. The van der Waals surface area contributed by atoms with Gasteiger partial charge in [0, 0.05) is 22.5 Å². The number of benzene rings is 2. The van der Waals surface area contributed by atoms with E-state index in [0.717, 1.165) is 18.2 Å². The second-order valence-electron chi connectivity index (χ2n) is 9.48. The molecule has 0 aromatic heterocycles. The van der Waals surface area contributed by atoms with Gasteiger partial charge in [-0.3, -0.25) is 4.79 Å². The fraction of sp³-hybridized carbons (Fsp3) is 0.458. The van der Waals surface area contributed by atoms with Gasteiger partial charge >= 0.3 is 0 Å². The van der Waals surface area contributed by atoms with Crippen molar-refractivity contribution >= 4 is 27.3 Å². The average molecular weight is 484 g/mol. The molecule has 0 atom stereocenters. The van der Waals surface area contributed by atoms with Gasteiger partial charge in [0.2, 0.25) is 5.91 Å². The van der Waals surface area contributed by atoms with E-state index < -0.39 is 31.6 Å². The number of amides is 1. The predicted molar refractivity (Wildman–Crippen MR) is 121 cm³/mol. The van der Waals surface area contributed by atoms with Gasteiger partial charge in [-0.15, -0.1) is 0 Å². The van der Waals surface area contributed by atoms with Gasteiger partial charge in [0.15, 0.2) is 9.84 Å². The summed E-state index contributed by atoms with van der Waals surface area (Å²) >= 11 is 5.92. The standard InChI is InChI=1S/C24H28ClF2NO3S/c1-23(2,3)22(29)28-15-16-10-12-24(13-11-16,20-14-18(26)6-9-21(20)27)32(30,31)19-7-4-17(25)5-8-19/h4-9,14,16H,10-13,15H2,1-3H3,(H,28,29). The molecule has 1 saturated carbocycles. The monoisotopic (exact) mass is 483 g/mol. The number of hydrogen-bond donors (Lipinski definition) is 1. The Labute approximate surface area is 193 Å². The number of halogens is 3. The summed E-state index contributed by atoms with van der Waals surface area (Å²) < 4.78 is 54.9. The zero-order valence-corrected chi connectivity index (χ0v) is 20.0. The molecule has 8 heteroatoms. The van der Waals surface area contributed by atoms with Crippen molar-refractivity contribution < 1.29 is 22.0 Å². The van der Waals surface area contributed by atoms with Gasteiger partial charge in [-0.05, 0) is 74.1 Å². The smallest absolute Gasteiger partial charge is 0.225 e. The van der Waals surface area contributed by atoms with Crippen LogP contribution in [-0.4, -0.2) is 20.9 Å². The number of carbonyl (C=O) groups is 1. The Morgan fingerprint density at radius 1 is 1.09 bits per heavy atom. The van der Waals surface area contributed by atoms with Crippen LogP contribution >= 0.6 is 11.6 Å². The third-order valence-electron chi connectivity index (χ3n) is 6.20. The summed E-state index contributed by atoms with van der Waals surface area (Å²) in [5.41, 5.74) is -0.675. The van der Waals surface area contributed by atoms with Gasteiger partial charge < -0.3 is 5.32 Å². The molecule has 3 rings (SSSR count). The summed E-state index contributed by atoms with van der Waals surface area (Å²) in [6.45, 7) is 5.87. The highest BCUT2D eigenvalue weighted by Gasteiger charge is 2.50. The number of rotatable bonds is 5. The molecule has 0 radical (unpaired) electrons. The van der Waals surface area contributed by atoms with Crippen LogP contribution in [0.15, 0.2) is 47.4 Å². The second kappa shape index (κ2) is 9.10. The Morgan fingerprint density at radius 3 is 2.25 bits per heavy atom. The third kappa shape index (κ3) is 4.84. The van der Waals surface area contributed by atoms with Gasteiger partial charge in [-0.1, -0.05) is 32.4 Å². The first-order valence-corrected chi connectivity index (χ1v) is 12.5. The summed E-state index contributed by atoms with van der Waals surface area (Å²) in [6.07, 6.45) is 1.14. The van der Waals surface area contributed by atoms with Crippen LogP contribution in [0.3, 0.4) is 0 Å². The van der Waals surface area contributed by atoms with Crippen LogP contribution in [0, 0.1) is 23.0 Å². The van der Waals surface area contributed by atoms with Gasteiger partial charge in [-0.25, -0.2) is 17.2 Å². The van der Waals surface area contributed by atoms with E-state index in [1.807, 2.05) is 20.8 Å². The molecular formula is C24H28ClF2NO3S. The molecule has 0 saturated heterocycles. The lowest BCUT2D eigenvalue weighted by atomic mass is 9.77. The largest absolute Gasteiger partial charge is 0.355 e. The molecule has 1 fully saturated rings. The van der Waals surface area contributed by atoms with E-state index in [9.17, 15) is 22.0 Å². The molecular weight excluding hydrogens is 456 g/mol. The molecule has 4 nitrogen and oxygen atoms in total. The molecule has 2 aromatic rings. The van der Waals surface area contributed by atoms with Crippen molar-refractivity contribution in [1.29, 1.82) is 0 Å². The highest BCUT2D eigenvalue weighted by Crippen LogP contribution is 2.49. The quantitative estimate of drug-likeness (QED) is 0.598. The number of hydrogen-bond acceptors (Lipinski definition) is 3. The SMILES string of the molecule is CC(C)(C)C(=O)NCC1CCC(c2cc(F)ccc2F)(S(=O)(=O)c2ccc(Cl)cc2)CC1. The molecule has 1 N–H and O–H groups in total. The minimum Gasteiger partial charge on any atom is -0.355 e. The molecule has 1 aliphatic carbocycles. The summed E-state index contributed by atoms with van der Waals surface area (Å²) in [7, 11) is -4.06. The summed E-state index contributed by atoms with van der Waals surface area (Å²) in [4.78, 5) is 12.2. The minimum atomic E-state index is -4.06. The van der Waals surface area contributed by atoms with Crippen molar-refractivity contribution in [3.05, 3.63) is 64.7 Å². The first-order chi connectivity index (χ1) is 14.9. The molecule has 0 heterocycles. The Hall–Kier alpha value is -1.99. The first-order valence-electron chi connectivity index (χ1n) is 10.6. The van der Waals surface area contributed by atoms with Gasteiger partial charge in [0.1, 0.15) is 16.4 Å². The van der Waals surface area contributed by atoms with Crippen LogP contribution in [0.1, 0.15) is 52.0 Å². The van der Waals surface area contributed by atoms with Crippen molar-refractivity contribution in [3.8, 4) is 0 Å². The van der Waals surface area contributed by atoms with Gasteiger partial charge in [0.05, 0.1) is 4.90 Å². The van der Waals surface area contributed by atoms with Crippen LogP contribution in [0.5, 0.6) is 0 Å². The third-order valence-corrected chi connectivity index (χ3v) is 9.00. The van der Waals surface area contributed by atoms with Crippen LogP contribution < -0.4 is 5.32 Å². The van der Waals surface area contributed by atoms with Crippen molar-refractivity contribution in [3.63, 3.8) is 0 Å². The molecule has 0 aliphatic heterocycles. The second-order valence-corrected chi connectivity index (χ2v) is 12.2. The molecule has 32 heavy (non-hydrogen) atoms. The van der Waals surface area contributed by atoms with Crippen LogP contribution in [0.25, 0.3) is 0 Å². The van der Waals surface area contributed by atoms with Crippen molar-refractivity contribution in [2.24, 2.45) is 11.3 Å². The minimum absolute atomic E-state index is 0.0186. The average Bonchev–Trinajstić information content (AvgIpc) is 2.73. The van der Waals surface area contributed by atoms with Crippen molar-refractivity contribution in [2.75, 3.05) is 6.54 Å². The summed E-state index contributed by atoms with van der Waals surface area (Å²) in [6, 6.07) is 8.67. The molecule has 0 bridgehead atoms. The highest BCUT2D eigenvalue weighted by molar-refractivity contribution is 7.92. The van der Waals surface area contributed by atoms with E-state index in [-0.39, 0.29) is 35.1 Å². The normalized spacial score (nSPS) is 21.9. The zero-order chi connectivity index (χ0) is 23.7. The van der Waals surface area contributed by atoms with Crippen LogP contribution in [0.2, 0.25) is 5.02 Å². The van der Waals surface area contributed by atoms with E-state index in [1.165, 1.54) is 24.3 Å². The Bertz CT molecular complexity index is 1090.